The number of hydrogen-bond donors (Lipinski definition) is 1. The molecular weight excluding hydrogens is 191 g/mol. The summed E-state index contributed by atoms with van der Waals surface area (Å²) in [6.07, 6.45) is 0.998. The van der Waals surface area contributed by atoms with E-state index in [1.54, 1.807) is 13.8 Å². The third-order valence-corrected chi connectivity index (χ3v) is 2.72. The van der Waals surface area contributed by atoms with E-state index in [4.69, 9.17) is 5.11 Å². The summed E-state index contributed by atoms with van der Waals surface area (Å²) in [4.78, 5) is 0. The van der Waals surface area contributed by atoms with Crippen molar-refractivity contribution in [2.45, 2.75) is 32.1 Å². The van der Waals surface area contributed by atoms with Gasteiger partial charge in [0.05, 0.1) is 0 Å². The van der Waals surface area contributed by atoms with E-state index in [1.807, 2.05) is 0 Å². The van der Waals surface area contributed by atoms with Crippen molar-refractivity contribution < 1.29 is 47.6 Å². The van der Waals surface area contributed by atoms with Gasteiger partial charge in [-0.3, -0.25) is 0 Å². The Labute approximate surface area is 95.4 Å². The van der Waals surface area contributed by atoms with E-state index in [1.165, 1.54) is 0 Å². The smallest absolute Gasteiger partial charge is 0.746 e. The predicted molar refractivity (Wildman–Crippen MR) is 39.8 cm³/mol. The molecule has 0 amide bonds. The maximum absolute atomic E-state index is 10.3. The van der Waals surface area contributed by atoms with E-state index in [0.29, 0.717) is 12.8 Å². The normalized spacial score (nSPS) is 14.1. The van der Waals surface area contributed by atoms with E-state index >= 15 is 0 Å². The van der Waals surface area contributed by atoms with Crippen molar-refractivity contribution in [1.82, 2.24) is 0 Å². The average Bonchev–Trinajstić information content (AvgIpc) is 1.88. The van der Waals surface area contributed by atoms with Gasteiger partial charge in [-0.2, -0.15) is 0 Å². The first-order chi connectivity index (χ1) is 4.93. The van der Waals surface area contributed by atoms with Gasteiger partial charge in [0.25, 0.3) is 0 Å². The molecule has 0 aliphatic carbocycles. The molecule has 0 spiro atoms. The Hall–Kier alpha value is 0.870. The third-order valence-electron chi connectivity index (χ3n) is 1.75. The van der Waals surface area contributed by atoms with Crippen LogP contribution in [-0.4, -0.2) is 23.5 Å². The molecule has 1 unspecified atom stereocenters. The van der Waals surface area contributed by atoms with Crippen LogP contribution < -0.4 is 29.6 Å². The van der Waals surface area contributed by atoms with Crippen LogP contribution >= 0.6 is 0 Å². The molecule has 0 heterocycles. The summed E-state index contributed by atoms with van der Waals surface area (Å²) in [5, 5.41) is 8.94. The van der Waals surface area contributed by atoms with Crippen molar-refractivity contribution in [3.8, 4) is 0 Å². The van der Waals surface area contributed by atoms with Gasteiger partial charge in [-0.15, -0.1) is 0 Å². The van der Waals surface area contributed by atoms with Crippen molar-refractivity contribution in [3.63, 3.8) is 0 Å². The SMILES string of the molecule is CCC(CC)C(O)S(=O)(=O)[O-].[Na+]. The first-order valence-corrected chi connectivity index (χ1v) is 5.03. The van der Waals surface area contributed by atoms with E-state index in [2.05, 4.69) is 0 Å². The van der Waals surface area contributed by atoms with Gasteiger partial charge in [0, 0.05) is 0 Å². The Morgan fingerprint density at radius 1 is 1.33 bits per heavy atom. The second-order valence-electron chi connectivity index (χ2n) is 2.46. The average molecular weight is 204 g/mol. The Bertz CT molecular complexity index is 198. The quantitative estimate of drug-likeness (QED) is 0.399. The molecule has 1 N–H and O–H groups in total. The molecule has 0 fully saturated rings. The number of aliphatic hydroxyl groups is 1. The molecular formula is C6H13NaO4S. The van der Waals surface area contributed by atoms with Crippen LogP contribution in [0.2, 0.25) is 0 Å². The molecule has 4 nitrogen and oxygen atoms in total. The molecule has 0 aromatic carbocycles. The Kier molecular flexibility index (Phi) is 8.11. The number of aliphatic hydroxyl groups excluding tert-OH is 1. The predicted octanol–water partition coefficient (Wildman–Crippen LogP) is -2.71. The molecule has 0 aliphatic rings. The van der Waals surface area contributed by atoms with Gasteiger partial charge in [0.2, 0.25) is 0 Å². The van der Waals surface area contributed by atoms with E-state index < -0.39 is 21.5 Å². The minimum absolute atomic E-state index is 0. The van der Waals surface area contributed by atoms with Crippen molar-refractivity contribution in [2.75, 3.05) is 0 Å². The zero-order valence-corrected chi connectivity index (χ0v) is 10.5. The fraction of sp³-hybridized carbons (Fsp3) is 1.00. The van der Waals surface area contributed by atoms with Crippen LogP contribution in [-0.2, 0) is 10.1 Å². The first-order valence-electron chi connectivity index (χ1n) is 3.56. The number of hydrogen-bond acceptors (Lipinski definition) is 4. The Morgan fingerprint density at radius 2 is 1.67 bits per heavy atom. The maximum Gasteiger partial charge on any atom is 1.00 e. The zero-order valence-electron chi connectivity index (χ0n) is 7.65. The molecule has 0 aromatic heterocycles. The molecule has 0 bridgehead atoms. The van der Waals surface area contributed by atoms with Crippen LogP contribution in [0.5, 0.6) is 0 Å². The zero-order chi connectivity index (χ0) is 9.07. The molecule has 0 saturated carbocycles. The summed E-state index contributed by atoms with van der Waals surface area (Å²) in [6.45, 7) is 3.48. The standard InChI is InChI=1S/C6H14O4S.Na/c1-3-5(4-2)6(7)11(8,9)10;/h5-7H,3-4H2,1-2H3,(H,8,9,10);/q;+1/p-1. The molecule has 6 heteroatoms. The van der Waals surface area contributed by atoms with Crippen LogP contribution in [0.15, 0.2) is 0 Å². The van der Waals surface area contributed by atoms with E-state index in [-0.39, 0.29) is 29.6 Å². The van der Waals surface area contributed by atoms with Crippen LogP contribution in [0.4, 0.5) is 0 Å². The van der Waals surface area contributed by atoms with Gasteiger partial charge in [-0.25, -0.2) is 8.42 Å². The summed E-state index contributed by atoms with van der Waals surface area (Å²) in [5.41, 5.74) is -1.74. The maximum atomic E-state index is 10.3. The molecule has 68 valence electrons. The van der Waals surface area contributed by atoms with Crippen LogP contribution in [0.3, 0.4) is 0 Å². The van der Waals surface area contributed by atoms with Crippen molar-refractivity contribution in [1.29, 1.82) is 0 Å². The summed E-state index contributed by atoms with van der Waals surface area (Å²) >= 11 is 0. The van der Waals surface area contributed by atoms with Crippen LogP contribution in [0.25, 0.3) is 0 Å². The molecule has 0 aromatic rings. The first kappa shape index (κ1) is 15.3. The van der Waals surface area contributed by atoms with E-state index in [0.717, 1.165) is 0 Å². The second-order valence-corrected chi connectivity index (χ2v) is 3.93. The minimum Gasteiger partial charge on any atom is -0.746 e. The van der Waals surface area contributed by atoms with Gasteiger partial charge < -0.3 is 9.66 Å². The monoisotopic (exact) mass is 204 g/mol. The largest absolute Gasteiger partial charge is 1.00 e. The van der Waals surface area contributed by atoms with Crippen molar-refractivity contribution in [3.05, 3.63) is 0 Å². The molecule has 0 radical (unpaired) electrons. The Morgan fingerprint density at radius 3 is 1.75 bits per heavy atom. The third kappa shape index (κ3) is 4.79. The van der Waals surface area contributed by atoms with Gasteiger partial charge in [0.15, 0.2) is 0 Å². The van der Waals surface area contributed by atoms with Crippen LogP contribution in [0.1, 0.15) is 26.7 Å². The van der Waals surface area contributed by atoms with E-state index in [9.17, 15) is 13.0 Å². The fourth-order valence-electron chi connectivity index (χ4n) is 0.928. The molecule has 0 saturated heterocycles. The summed E-state index contributed by atoms with van der Waals surface area (Å²) < 4.78 is 30.9. The fourth-order valence-corrected chi connectivity index (χ4v) is 1.78. The molecule has 1 atom stereocenters. The second kappa shape index (κ2) is 6.34. The molecule has 0 aliphatic heterocycles. The number of rotatable bonds is 4. The van der Waals surface area contributed by atoms with Gasteiger partial charge >= 0.3 is 29.6 Å². The molecule has 12 heavy (non-hydrogen) atoms. The summed E-state index contributed by atoms with van der Waals surface area (Å²) in [6, 6.07) is 0. The minimum atomic E-state index is -4.52. The van der Waals surface area contributed by atoms with Crippen molar-refractivity contribution in [2.24, 2.45) is 5.92 Å². The summed E-state index contributed by atoms with van der Waals surface area (Å²) in [5.74, 6) is -0.433. The molecule has 0 rings (SSSR count). The summed E-state index contributed by atoms with van der Waals surface area (Å²) in [7, 11) is -4.52. The van der Waals surface area contributed by atoms with Crippen molar-refractivity contribution >= 4 is 10.1 Å². The van der Waals surface area contributed by atoms with Gasteiger partial charge in [-0.05, 0) is 18.8 Å². The van der Waals surface area contributed by atoms with Crippen LogP contribution in [0, 0.1) is 5.92 Å². The van der Waals surface area contributed by atoms with Gasteiger partial charge in [0.1, 0.15) is 15.6 Å². The Balaban J connectivity index is 0. The topological polar surface area (TPSA) is 77.4 Å². The van der Waals surface area contributed by atoms with Gasteiger partial charge in [-0.1, -0.05) is 13.8 Å².